The van der Waals surface area contributed by atoms with E-state index in [1.165, 1.54) is 18.5 Å². The van der Waals surface area contributed by atoms with Gasteiger partial charge in [0.2, 0.25) is 6.41 Å². The molecule has 2 heterocycles. The number of nitrogen functional groups attached to an aromatic ring is 1. The lowest BCUT2D eigenvalue weighted by molar-refractivity contribution is -0.111. The van der Waals surface area contributed by atoms with E-state index in [1.807, 2.05) is 13.0 Å². The van der Waals surface area contributed by atoms with Gasteiger partial charge in [-0.2, -0.15) is 0 Å². The minimum Gasteiger partial charge on any atom is -0.394 e. The predicted octanol–water partition coefficient (Wildman–Crippen LogP) is 2.22. The minimum absolute atomic E-state index is 0.0360. The van der Waals surface area contributed by atoms with Crippen molar-refractivity contribution in [2.75, 3.05) is 12.3 Å². The third-order valence-corrected chi connectivity index (χ3v) is 3.69. The van der Waals surface area contributed by atoms with E-state index in [-0.39, 0.29) is 12.4 Å². The maximum Gasteiger partial charge on any atom is 0.207 e. The van der Waals surface area contributed by atoms with Crippen LogP contribution in [0.25, 0.3) is 22.3 Å². The van der Waals surface area contributed by atoms with Crippen molar-refractivity contribution >= 4 is 23.3 Å². The summed E-state index contributed by atoms with van der Waals surface area (Å²) in [6, 6.07) is 8.39. The number of hydrogen-bond donors (Lipinski definition) is 3. The molecule has 0 saturated heterocycles. The molecule has 0 bridgehead atoms. The third kappa shape index (κ3) is 5.42. The summed E-state index contributed by atoms with van der Waals surface area (Å²) >= 11 is 0. The molecule has 3 rings (SSSR count). The molecule has 0 radical (unpaired) electrons. The SMILES string of the molecule is CC(C)(CO)NC=O.Cc1cc(F)cc(-c2ccc3ncnc(N)c3n2)c1. The first-order valence-corrected chi connectivity index (χ1v) is 8.23. The summed E-state index contributed by atoms with van der Waals surface area (Å²) in [7, 11) is 0. The fraction of sp³-hybridized carbons (Fsp3) is 0.263. The topological polar surface area (TPSA) is 114 Å². The second-order valence-corrected chi connectivity index (χ2v) is 6.64. The van der Waals surface area contributed by atoms with Crippen LogP contribution in [0, 0.1) is 12.7 Å². The van der Waals surface area contributed by atoms with Gasteiger partial charge < -0.3 is 16.2 Å². The molecule has 142 valence electrons. The Morgan fingerprint density at radius 1 is 1.26 bits per heavy atom. The van der Waals surface area contributed by atoms with Gasteiger partial charge in [-0.3, -0.25) is 4.79 Å². The van der Waals surface area contributed by atoms with E-state index in [0.29, 0.717) is 34.5 Å². The molecule has 0 aliphatic rings. The van der Waals surface area contributed by atoms with Crippen molar-refractivity contribution in [2.45, 2.75) is 26.3 Å². The number of aliphatic hydroxyl groups is 1. The number of aryl methyl sites for hydroxylation is 1. The lowest BCUT2D eigenvalue weighted by atomic mass is 10.1. The minimum atomic E-state index is -0.470. The molecule has 0 spiro atoms. The Bertz CT molecular complexity index is 926. The Morgan fingerprint density at radius 3 is 2.59 bits per heavy atom. The highest BCUT2D eigenvalue weighted by atomic mass is 19.1. The number of aliphatic hydroxyl groups excluding tert-OH is 1. The molecule has 2 aromatic heterocycles. The average Bonchev–Trinajstić information content (AvgIpc) is 2.61. The zero-order valence-corrected chi connectivity index (χ0v) is 15.4. The number of pyridine rings is 1. The van der Waals surface area contributed by atoms with Gasteiger partial charge in [0.1, 0.15) is 17.7 Å². The number of fused-ring (bicyclic) bond motifs is 1. The van der Waals surface area contributed by atoms with E-state index >= 15 is 0 Å². The van der Waals surface area contributed by atoms with Crippen LogP contribution in [0.5, 0.6) is 0 Å². The second-order valence-electron chi connectivity index (χ2n) is 6.64. The molecule has 0 saturated carbocycles. The number of carbonyl (C=O) groups is 1. The first-order chi connectivity index (χ1) is 12.8. The number of nitrogens with zero attached hydrogens (tertiary/aromatic N) is 3. The summed E-state index contributed by atoms with van der Waals surface area (Å²) in [4.78, 5) is 22.2. The van der Waals surface area contributed by atoms with E-state index in [9.17, 15) is 9.18 Å². The van der Waals surface area contributed by atoms with E-state index in [1.54, 1.807) is 26.0 Å². The van der Waals surface area contributed by atoms with E-state index in [2.05, 4.69) is 20.3 Å². The molecule has 0 aliphatic carbocycles. The molecular formula is C19H22FN5O2. The highest BCUT2D eigenvalue weighted by Crippen LogP contribution is 2.23. The summed E-state index contributed by atoms with van der Waals surface area (Å²) in [6.45, 7) is 5.28. The molecule has 1 amide bonds. The first-order valence-electron chi connectivity index (χ1n) is 8.23. The van der Waals surface area contributed by atoms with Crippen molar-refractivity contribution in [1.29, 1.82) is 0 Å². The van der Waals surface area contributed by atoms with Crippen LogP contribution >= 0.6 is 0 Å². The number of aromatic nitrogens is 3. The maximum absolute atomic E-state index is 13.4. The molecule has 0 fully saturated rings. The highest BCUT2D eigenvalue weighted by Gasteiger charge is 2.12. The van der Waals surface area contributed by atoms with Gasteiger partial charge in [-0.1, -0.05) is 0 Å². The van der Waals surface area contributed by atoms with Gasteiger partial charge in [0.15, 0.2) is 5.82 Å². The fourth-order valence-corrected chi connectivity index (χ4v) is 2.21. The van der Waals surface area contributed by atoms with Gasteiger partial charge in [-0.05, 0) is 56.7 Å². The Morgan fingerprint density at radius 2 is 2.00 bits per heavy atom. The van der Waals surface area contributed by atoms with Crippen LogP contribution in [0.4, 0.5) is 10.2 Å². The zero-order chi connectivity index (χ0) is 20.0. The number of nitrogens with one attached hydrogen (secondary N) is 1. The number of rotatable bonds is 4. The normalized spacial score (nSPS) is 10.9. The van der Waals surface area contributed by atoms with Crippen LogP contribution in [-0.2, 0) is 4.79 Å². The van der Waals surface area contributed by atoms with Crippen molar-refractivity contribution in [3.8, 4) is 11.3 Å². The Hall–Kier alpha value is -3.13. The standard InChI is InChI=1S/C14H11FN4.C5H11NO2/c1-8-4-9(6-10(15)5-8)11-2-3-12-13(19-11)14(16)18-7-17-12;1-5(2,3-7)6-4-8/h2-7H,1H3,(H2,16,17,18);4,7H,3H2,1-2H3,(H,6,8). The van der Waals surface area contributed by atoms with Gasteiger partial charge >= 0.3 is 0 Å². The number of carbonyl (C=O) groups excluding carboxylic acids is 1. The number of anilines is 1. The quantitative estimate of drug-likeness (QED) is 0.606. The average molecular weight is 371 g/mol. The smallest absolute Gasteiger partial charge is 0.207 e. The van der Waals surface area contributed by atoms with Crippen molar-refractivity contribution in [2.24, 2.45) is 0 Å². The number of amides is 1. The number of hydrogen-bond acceptors (Lipinski definition) is 6. The van der Waals surface area contributed by atoms with Crippen molar-refractivity contribution in [3.63, 3.8) is 0 Å². The Kier molecular flexibility index (Phi) is 6.36. The van der Waals surface area contributed by atoms with Crippen LogP contribution in [-0.4, -0.2) is 38.6 Å². The zero-order valence-electron chi connectivity index (χ0n) is 15.4. The Balaban J connectivity index is 0.000000279. The summed E-state index contributed by atoms with van der Waals surface area (Å²) < 4.78 is 13.4. The van der Waals surface area contributed by atoms with E-state index < -0.39 is 5.54 Å². The van der Waals surface area contributed by atoms with E-state index in [0.717, 1.165) is 5.56 Å². The van der Waals surface area contributed by atoms with Gasteiger partial charge in [-0.25, -0.2) is 19.3 Å². The fourth-order valence-electron chi connectivity index (χ4n) is 2.21. The largest absolute Gasteiger partial charge is 0.394 e. The molecule has 8 heteroatoms. The van der Waals surface area contributed by atoms with Gasteiger partial charge in [0, 0.05) is 5.56 Å². The number of benzene rings is 1. The van der Waals surface area contributed by atoms with Crippen molar-refractivity contribution < 1.29 is 14.3 Å². The number of nitrogens with two attached hydrogens (primary N) is 1. The lowest BCUT2D eigenvalue weighted by Gasteiger charge is -2.19. The molecule has 0 unspecified atom stereocenters. The summed E-state index contributed by atoms with van der Waals surface area (Å²) in [5.41, 5.74) is 8.71. The van der Waals surface area contributed by atoms with Crippen molar-refractivity contribution in [3.05, 3.63) is 48.0 Å². The molecule has 0 aliphatic heterocycles. The summed E-state index contributed by atoms with van der Waals surface area (Å²) in [6.07, 6.45) is 1.97. The molecule has 7 nitrogen and oxygen atoms in total. The van der Waals surface area contributed by atoms with Gasteiger partial charge in [0.05, 0.1) is 23.4 Å². The van der Waals surface area contributed by atoms with Crippen LogP contribution < -0.4 is 11.1 Å². The first kappa shape index (κ1) is 20.2. The van der Waals surface area contributed by atoms with Crippen LogP contribution in [0.2, 0.25) is 0 Å². The summed E-state index contributed by atoms with van der Waals surface area (Å²) in [5.74, 6) is 0.0363. The van der Waals surface area contributed by atoms with Gasteiger partial charge in [0.25, 0.3) is 0 Å². The second kappa shape index (κ2) is 8.50. The molecule has 4 N–H and O–H groups in total. The van der Waals surface area contributed by atoms with Crippen LogP contribution in [0.1, 0.15) is 19.4 Å². The Labute approximate surface area is 156 Å². The maximum atomic E-state index is 13.4. The molecule has 27 heavy (non-hydrogen) atoms. The lowest BCUT2D eigenvalue weighted by Crippen LogP contribution is -2.41. The molecular weight excluding hydrogens is 349 g/mol. The monoisotopic (exact) mass is 371 g/mol. The predicted molar refractivity (Wildman–Crippen MR) is 102 cm³/mol. The van der Waals surface area contributed by atoms with Crippen LogP contribution in [0.3, 0.4) is 0 Å². The van der Waals surface area contributed by atoms with E-state index in [4.69, 9.17) is 10.8 Å². The molecule has 1 aromatic carbocycles. The third-order valence-electron chi connectivity index (χ3n) is 3.69. The number of halogens is 1. The molecule has 3 aromatic rings. The van der Waals surface area contributed by atoms with Gasteiger partial charge in [-0.15, -0.1) is 0 Å². The summed E-state index contributed by atoms with van der Waals surface area (Å²) in [5, 5.41) is 10.9. The van der Waals surface area contributed by atoms with Crippen molar-refractivity contribution in [1.82, 2.24) is 20.3 Å². The highest BCUT2D eigenvalue weighted by molar-refractivity contribution is 5.85. The molecule has 0 atom stereocenters. The van der Waals surface area contributed by atoms with Crippen LogP contribution in [0.15, 0.2) is 36.7 Å².